The molecule has 4 aliphatic rings. The van der Waals surface area contributed by atoms with Gasteiger partial charge in [0, 0.05) is 20.2 Å². The molecule has 0 N–H and O–H groups in total. The first-order chi connectivity index (χ1) is 11.5. The molecular formula is C18H19N3O3. The fourth-order valence-corrected chi connectivity index (χ4v) is 4.94. The first kappa shape index (κ1) is 14.0. The minimum Gasteiger partial charge on any atom is -0.440 e. The fraction of sp³-hybridized carbons (Fsp3) is 0.500. The lowest BCUT2D eigenvalue weighted by Crippen LogP contribution is -2.30. The molecule has 24 heavy (non-hydrogen) atoms. The maximum Gasteiger partial charge on any atom is 0.254 e. The third-order valence-electron chi connectivity index (χ3n) is 6.18. The molecular weight excluding hydrogens is 306 g/mol. The second-order valence-corrected chi connectivity index (χ2v) is 7.52. The molecule has 6 nitrogen and oxygen atoms in total. The van der Waals surface area contributed by atoms with E-state index in [1.54, 1.807) is 6.07 Å². The number of rotatable bonds is 3. The number of carbonyl (C=O) groups is 2. The molecule has 3 fully saturated rings. The van der Waals surface area contributed by atoms with Crippen LogP contribution < -0.4 is 4.90 Å². The van der Waals surface area contributed by atoms with Crippen LogP contribution in [0.5, 0.6) is 0 Å². The summed E-state index contributed by atoms with van der Waals surface area (Å²) in [4.78, 5) is 27.4. The quantitative estimate of drug-likeness (QED) is 0.483. The highest BCUT2D eigenvalue weighted by Gasteiger charge is 2.73. The van der Waals surface area contributed by atoms with Gasteiger partial charge in [0.1, 0.15) is 5.76 Å². The Kier molecular flexibility index (Phi) is 2.55. The van der Waals surface area contributed by atoms with Crippen molar-refractivity contribution >= 4 is 23.9 Å². The number of amides is 2. The molecule has 2 saturated carbocycles. The summed E-state index contributed by atoms with van der Waals surface area (Å²) in [5, 5.41) is 5.21. The highest BCUT2D eigenvalue weighted by Crippen LogP contribution is 2.73. The van der Waals surface area contributed by atoms with E-state index in [4.69, 9.17) is 4.42 Å². The van der Waals surface area contributed by atoms with Crippen molar-refractivity contribution in [3.63, 3.8) is 0 Å². The minimum absolute atomic E-state index is 0.149. The van der Waals surface area contributed by atoms with E-state index in [1.807, 2.05) is 25.1 Å². The van der Waals surface area contributed by atoms with Crippen molar-refractivity contribution < 1.29 is 14.0 Å². The number of fused-ring (bicyclic) bond motifs is 3. The Morgan fingerprint density at radius 3 is 2.29 bits per heavy atom. The average Bonchev–Trinajstić information content (AvgIpc) is 2.84. The first-order valence-corrected chi connectivity index (χ1v) is 8.40. The van der Waals surface area contributed by atoms with Crippen molar-refractivity contribution in [2.75, 3.05) is 19.0 Å². The van der Waals surface area contributed by atoms with Gasteiger partial charge in [0.15, 0.2) is 5.88 Å². The fourth-order valence-electron chi connectivity index (χ4n) is 4.94. The molecule has 6 heteroatoms. The first-order valence-electron chi connectivity index (χ1n) is 8.40. The summed E-state index contributed by atoms with van der Waals surface area (Å²) >= 11 is 0. The number of nitrogens with zero attached hydrogens (tertiary/aromatic N) is 3. The van der Waals surface area contributed by atoms with E-state index >= 15 is 0 Å². The molecule has 4 atom stereocenters. The van der Waals surface area contributed by atoms with E-state index in [9.17, 15) is 9.59 Å². The Morgan fingerprint density at radius 2 is 1.79 bits per heavy atom. The third kappa shape index (κ3) is 1.58. The predicted octanol–water partition coefficient (Wildman–Crippen LogP) is 1.88. The number of anilines is 1. The standard InChI is InChI=1S/C18H19N3O3/c1-20(2)13-6-3-10(24-13)9-19-21-16(22)14-11-4-5-12(15(14)17(21)23)18(11)7-8-18/h3-6,9,11-12,14-15H,7-8H2,1-2H3/b19-9+. The number of allylic oxidation sites excluding steroid dienone is 2. The summed E-state index contributed by atoms with van der Waals surface area (Å²) in [6.07, 6.45) is 8.06. The van der Waals surface area contributed by atoms with E-state index < -0.39 is 0 Å². The van der Waals surface area contributed by atoms with Gasteiger partial charge in [-0.3, -0.25) is 9.59 Å². The van der Waals surface area contributed by atoms with Gasteiger partial charge >= 0.3 is 0 Å². The van der Waals surface area contributed by atoms with Crippen LogP contribution in [-0.4, -0.2) is 37.1 Å². The third-order valence-corrected chi connectivity index (χ3v) is 6.18. The van der Waals surface area contributed by atoms with Gasteiger partial charge in [-0.15, -0.1) is 0 Å². The molecule has 0 radical (unpaired) electrons. The summed E-state index contributed by atoms with van der Waals surface area (Å²) in [5.41, 5.74) is 0.220. The van der Waals surface area contributed by atoms with Crippen LogP contribution in [0, 0.1) is 29.1 Å². The highest BCUT2D eigenvalue weighted by atomic mass is 16.4. The number of hydrogen-bond donors (Lipinski definition) is 0. The summed E-state index contributed by atoms with van der Waals surface area (Å²) in [5.74, 6) is 0.970. The lowest BCUT2D eigenvalue weighted by Gasteiger charge is -2.18. The number of furan rings is 1. The Bertz CT molecular complexity index is 768. The van der Waals surface area contributed by atoms with Gasteiger partial charge < -0.3 is 9.32 Å². The second kappa shape index (κ2) is 4.37. The Morgan fingerprint density at radius 1 is 1.17 bits per heavy atom. The number of imide groups is 1. The molecule has 2 amide bonds. The van der Waals surface area contributed by atoms with Crippen LogP contribution in [0.2, 0.25) is 0 Å². The van der Waals surface area contributed by atoms with E-state index in [0.717, 1.165) is 17.9 Å². The van der Waals surface area contributed by atoms with Crippen LogP contribution in [0.4, 0.5) is 5.88 Å². The van der Waals surface area contributed by atoms with Crippen LogP contribution in [0.3, 0.4) is 0 Å². The van der Waals surface area contributed by atoms with E-state index in [1.165, 1.54) is 6.21 Å². The maximum absolute atomic E-state index is 12.8. The predicted molar refractivity (Wildman–Crippen MR) is 87.2 cm³/mol. The molecule has 2 heterocycles. The van der Waals surface area contributed by atoms with Crippen LogP contribution in [0.15, 0.2) is 33.8 Å². The Balaban J connectivity index is 1.40. The zero-order valence-corrected chi connectivity index (χ0v) is 13.7. The summed E-state index contributed by atoms with van der Waals surface area (Å²) in [7, 11) is 3.76. The minimum atomic E-state index is -0.207. The van der Waals surface area contributed by atoms with Gasteiger partial charge in [-0.25, -0.2) is 0 Å². The molecule has 1 aromatic rings. The van der Waals surface area contributed by atoms with E-state index in [0.29, 0.717) is 11.6 Å². The van der Waals surface area contributed by atoms with Crippen molar-refractivity contribution in [3.05, 3.63) is 30.0 Å². The van der Waals surface area contributed by atoms with Crippen molar-refractivity contribution in [1.82, 2.24) is 5.01 Å². The average molecular weight is 325 g/mol. The van der Waals surface area contributed by atoms with Crippen molar-refractivity contribution in [2.24, 2.45) is 34.2 Å². The SMILES string of the molecule is CN(C)c1ccc(/C=N/N2C(=O)C3C(C2=O)C2C=CC3C23CC3)o1. The van der Waals surface area contributed by atoms with Gasteiger partial charge in [-0.1, -0.05) is 12.2 Å². The van der Waals surface area contributed by atoms with Crippen molar-refractivity contribution in [3.8, 4) is 0 Å². The lowest BCUT2D eigenvalue weighted by molar-refractivity contribution is -0.141. The molecule has 1 aliphatic heterocycles. The number of hydrogen-bond acceptors (Lipinski definition) is 5. The monoisotopic (exact) mass is 325 g/mol. The lowest BCUT2D eigenvalue weighted by atomic mass is 9.85. The van der Waals surface area contributed by atoms with E-state index in [-0.39, 0.29) is 40.9 Å². The van der Waals surface area contributed by atoms with Gasteiger partial charge in [-0.05, 0) is 36.2 Å². The molecule has 0 aromatic carbocycles. The van der Waals surface area contributed by atoms with Crippen LogP contribution in [0.25, 0.3) is 0 Å². The number of carbonyl (C=O) groups excluding carboxylic acids is 2. The Hall–Kier alpha value is -2.37. The van der Waals surface area contributed by atoms with Crippen molar-refractivity contribution in [1.29, 1.82) is 0 Å². The number of hydrazone groups is 1. The largest absolute Gasteiger partial charge is 0.440 e. The molecule has 3 aliphatic carbocycles. The van der Waals surface area contributed by atoms with Gasteiger partial charge in [0.2, 0.25) is 0 Å². The second-order valence-electron chi connectivity index (χ2n) is 7.52. The van der Waals surface area contributed by atoms with Gasteiger partial charge in [0.05, 0.1) is 18.1 Å². The normalized spacial score (nSPS) is 34.8. The molecule has 1 aromatic heterocycles. The van der Waals surface area contributed by atoms with Crippen LogP contribution in [0.1, 0.15) is 18.6 Å². The molecule has 5 rings (SSSR count). The Labute approximate surface area is 139 Å². The smallest absolute Gasteiger partial charge is 0.254 e. The van der Waals surface area contributed by atoms with Crippen LogP contribution in [-0.2, 0) is 9.59 Å². The molecule has 1 spiro atoms. The zero-order chi connectivity index (χ0) is 16.6. The van der Waals surface area contributed by atoms with Gasteiger partial charge in [-0.2, -0.15) is 10.1 Å². The topological polar surface area (TPSA) is 66.1 Å². The summed E-state index contributed by atoms with van der Waals surface area (Å²) < 4.78 is 5.58. The van der Waals surface area contributed by atoms with Crippen molar-refractivity contribution in [2.45, 2.75) is 12.8 Å². The molecule has 1 saturated heterocycles. The molecule has 124 valence electrons. The van der Waals surface area contributed by atoms with Crippen LogP contribution >= 0.6 is 0 Å². The summed E-state index contributed by atoms with van der Waals surface area (Å²) in [6, 6.07) is 3.60. The molecule has 4 unspecified atom stereocenters. The molecule has 2 bridgehead atoms. The van der Waals surface area contributed by atoms with E-state index in [2.05, 4.69) is 17.3 Å². The highest BCUT2D eigenvalue weighted by molar-refractivity contribution is 6.07. The summed E-state index contributed by atoms with van der Waals surface area (Å²) in [6.45, 7) is 0. The van der Waals surface area contributed by atoms with Gasteiger partial charge in [0.25, 0.3) is 11.8 Å². The maximum atomic E-state index is 12.8. The zero-order valence-electron chi connectivity index (χ0n) is 13.7.